The van der Waals surface area contributed by atoms with Crippen LogP contribution in [0, 0.1) is 6.92 Å². The number of aromatic hydroxyl groups is 1. The lowest BCUT2D eigenvalue weighted by Gasteiger charge is -2.34. The molecule has 2 aromatic rings. The van der Waals surface area contributed by atoms with Crippen LogP contribution < -0.4 is 4.90 Å². The maximum absolute atomic E-state index is 10.1. The third-order valence-electron chi connectivity index (χ3n) is 4.07. The highest BCUT2D eigenvalue weighted by atomic mass is 79.9. The lowest BCUT2D eigenvalue weighted by Crippen LogP contribution is -2.44. The van der Waals surface area contributed by atoms with Gasteiger partial charge in [-0.25, -0.2) is 0 Å². The highest BCUT2D eigenvalue weighted by Crippen LogP contribution is 2.30. The Balaban J connectivity index is 1.62. The van der Waals surface area contributed by atoms with Crippen LogP contribution in [0.25, 0.3) is 0 Å². The summed E-state index contributed by atoms with van der Waals surface area (Å²) in [5.74, 6) is 0.209. The first-order valence-electron chi connectivity index (χ1n) is 7.81. The SMILES string of the molecule is Cc1ccc(N2CCN(/N=C/c3cc(Br)cc(Br)c3O)CC2)cc1. The van der Waals surface area contributed by atoms with E-state index in [9.17, 15) is 5.11 Å². The van der Waals surface area contributed by atoms with Crippen molar-refractivity contribution < 1.29 is 5.11 Å². The summed E-state index contributed by atoms with van der Waals surface area (Å²) in [5.41, 5.74) is 3.23. The first-order chi connectivity index (χ1) is 11.5. The molecule has 6 heteroatoms. The minimum atomic E-state index is 0.209. The predicted molar refractivity (Wildman–Crippen MR) is 106 cm³/mol. The fourth-order valence-electron chi connectivity index (χ4n) is 2.65. The molecule has 0 spiro atoms. The van der Waals surface area contributed by atoms with Gasteiger partial charge >= 0.3 is 0 Å². The first kappa shape index (κ1) is 17.3. The van der Waals surface area contributed by atoms with Crippen molar-refractivity contribution in [3.05, 3.63) is 56.5 Å². The van der Waals surface area contributed by atoms with E-state index in [1.165, 1.54) is 11.3 Å². The molecule has 1 N–H and O–H groups in total. The van der Waals surface area contributed by atoms with Crippen LogP contribution >= 0.6 is 31.9 Å². The van der Waals surface area contributed by atoms with E-state index in [1.54, 1.807) is 6.21 Å². The molecule has 0 amide bonds. The topological polar surface area (TPSA) is 39.1 Å². The van der Waals surface area contributed by atoms with E-state index in [0.717, 1.165) is 30.7 Å². The fourth-order valence-corrected chi connectivity index (χ4v) is 3.91. The van der Waals surface area contributed by atoms with Gasteiger partial charge in [-0.3, -0.25) is 5.01 Å². The van der Waals surface area contributed by atoms with Crippen LogP contribution in [0.5, 0.6) is 5.75 Å². The number of benzene rings is 2. The number of halogens is 2. The molecule has 3 rings (SSSR count). The molecule has 1 fully saturated rings. The van der Waals surface area contributed by atoms with Gasteiger partial charge in [0.2, 0.25) is 0 Å². The number of piperazine rings is 1. The highest BCUT2D eigenvalue weighted by Gasteiger charge is 2.15. The number of anilines is 1. The Morgan fingerprint density at radius 2 is 1.71 bits per heavy atom. The van der Waals surface area contributed by atoms with Gasteiger partial charge in [-0.2, -0.15) is 5.10 Å². The quantitative estimate of drug-likeness (QED) is 0.702. The molecule has 1 aliphatic heterocycles. The van der Waals surface area contributed by atoms with Crippen molar-refractivity contribution >= 4 is 43.8 Å². The zero-order valence-corrected chi connectivity index (χ0v) is 16.6. The Bertz CT molecular complexity index is 739. The van der Waals surface area contributed by atoms with Crippen LogP contribution in [0.3, 0.4) is 0 Å². The van der Waals surface area contributed by atoms with Crippen LogP contribution in [0.1, 0.15) is 11.1 Å². The summed E-state index contributed by atoms with van der Waals surface area (Å²) in [4.78, 5) is 2.37. The Morgan fingerprint density at radius 3 is 2.38 bits per heavy atom. The largest absolute Gasteiger partial charge is 0.506 e. The smallest absolute Gasteiger partial charge is 0.138 e. The number of hydrogen-bond donors (Lipinski definition) is 1. The molecule has 4 nitrogen and oxygen atoms in total. The van der Waals surface area contributed by atoms with E-state index in [2.05, 4.69) is 73.1 Å². The van der Waals surface area contributed by atoms with Crippen LogP contribution in [-0.4, -0.2) is 42.5 Å². The van der Waals surface area contributed by atoms with E-state index in [0.29, 0.717) is 10.0 Å². The van der Waals surface area contributed by atoms with Gasteiger partial charge in [0, 0.05) is 28.8 Å². The van der Waals surface area contributed by atoms with E-state index in [4.69, 9.17) is 0 Å². The molecule has 0 saturated carbocycles. The normalized spacial score (nSPS) is 15.3. The molecule has 1 aliphatic rings. The van der Waals surface area contributed by atoms with Crippen molar-refractivity contribution in [1.29, 1.82) is 0 Å². The highest BCUT2D eigenvalue weighted by molar-refractivity contribution is 9.11. The van der Waals surface area contributed by atoms with Crippen molar-refractivity contribution in [3.63, 3.8) is 0 Å². The van der Waals surface area contributed by atoms with E-state index in [1.807, 2.05) is 17.1 Å². The van der Waals surface area contributed by atoms with Gasteiger partial charge in [0.25, 0.3) is 0 Å². The number of phenolic OH excluding ortho intramolecular Hbond substituents is 1. The molecule has 2 aromatic carbocycles. The summed E-state index contributed by atoms with van der Waals surface area (Å²) in [6, 6.07) is 12.3. The summed E-state index contributed by atoms with van der Waals surface area (Å²) >= 11 is 6.77. The molecule has 0 radical (unpaired) electrons. The van der Waals surface area contributed by atoms with E-state index in [-0.39, 0.29) is 5.75 Å². The molecular formula is C18H19Br2N3O. The number of hydrazone groups is 1. The molecule has 0 bridgehead atoms. The number of nitrogens with zero attached hydrogens (tertiary/aromatic N) is 3. The van der Waals surface area contributed by atoms with Crippen molar-refractivity contribution in [2.75, 3.05) is 31.1 Å². The molecular weight excluding hydrogens is 434 g/mol. The summed E-state index contributed by atoms with van der Waals surface area (Å²) in [6.07, 6.45) is 1.71. The second-order valence-electron chi connectivity index (χ2n) is 5.85. The van der Waals surface area contributed by atoms with Gasteiger partial charge < -0.3 is 10.0 Å². The molecule has 1 saturated heterocycles. The van der Waals surface area contributed by atoms with Gasteiger partial charge in [-0.1, -0.05) is 33.6 Å². The Morgan fingerprint density at radius 1 is 1.04 bits per heavy atom. The van der Waals surface area contributed by atoms with E-state index < -0.39 is 0 Å². The van der Waals surface area contributed by atoms with Gasteiger partial charge in [-0.05, 0) is 47.1 Å². The maximum Gasteiger partial charge on any atom is 0.138 e. The second-order valence-corrected chi connectivity index (χ2v) is 7.62. The number of hydrogen-bond acceptors (Lipinski definition) is 4. The summed E-state index contributed by atoms with van der Waals surface area (Å²) in [7, 11) is 0. The molecule has 24 heavy (non-hydrogen) atoms. The minimum Gasteiger partial charge on any atom is -0.506 e. The molecule has 0 atom stereocenters. The van der Waals surface area contributed by atoms with Crippen molar-refractivity contribution in [2.45, 2.75) is 6.92 Å². The molecule has 126 valence electrons. The molecule has 0 unspecified atom stereocenters. The molecule has 1 heterocycles. The van der Waals surface area contributed by atoms with Gasteiger partial charge in [0.1, 0.15) is 5.75 Å². The summed E-state index contributed by atoms with van der Waals surface area (Å²) in [6.45, 7) is 5.70. The number of phenols is 1. The zero-order valence-electron chi connectivity index (χ0n) is 13.4. The molecule has 0 aliphatic carbocycles. The van der Waals surface area contributed by atoms with Crippen LogP contribution in [0.4, 0.5) is 5.69 Å². The fraction of sp³-hybridized carbons (Fsp3) is 0.278. The van der Waals surface area contributed by atoms with Gasteiger partial charge in [0.15, 0.2) is 0 Å². The maximum atomic E-state index is 10.1. The van der Waals surface area contributed by atoms with Crippen molar-refractivity contribution in [1.82, 2.24) is 5.01 Å². The second kappa shape index (κ2) is 7.57. The lowest BCUT2D eigenvalue weighted by molar-refractivity contribution is 0.272. The van der Waals surface area contributed by atoms with Crippen LogP contribution in [-0.2, 0) is 0 Å². The third-order valence-corrected chi connectivity index (χ3v) is 5.14. The first-order valence-corrected chi connectivity index (χ1v) is 9.40. The van der Waals surface area contributed by atoms with Gasteiger partial charge in [-0.15, -0.1) is 0 Å². The standard InChI is InChI=1S/C18H19Br2N3O/c1-13-2-4-16(5-3-13)22-6-8-23(9-7-22)21-12-14-10-15(19)11-17(20)18(14)24/h2-5,10-12,24H,6-9H2,1H3/b21-12+. The number of aryl methyl sites for hydroxylation is 1. The Labute approximate surface area is 159 Å². The average molecular weight is 453 g/mol. The predicted octanol–water partition coefficient (Wildman–Crippen LogP) is 4.38. The Kier molecular flexibility index (Phi) is 5.46. The monoisotopic (exact) mass is 451 g/mol. The summed E-state index contributed by atoms with van der Waals surface area (Å²) in [5, 5.41) is 16.6. The van der Waals surface area contributed by atoms with Gasteiger partial charge in [0.05, 0.1) is 23.8 Å². The third kappa shape index (κ3) is 4.11. The van der Waals surface area contributed by atoms with Crippen LogP contribution in [0.15, 0.2) is 50.4 Å². The van der Waals surface area contributed by atoms with E-state index >= 15 is 0 Å². The number of rotatable bonds is 3. The minimum absolute atomic E-state index is 0.209. The zero-order chi connectivity index (χ0) is 17.1. The van der Waals surface area contributed by atoms with Crippen LogP contribution in [0.2, 0.25) is 0 Å². The average Bonchev–Trinajstić information content (AvgIpc) is 2.58. The Hall–Kier alpha value is -1.53. The summed E-state index contributed by atoms with van der Waals surface area (Å²) < 4.78 is 1.56. The van der Waals surface area contributed by atoms with Crippen molar-refractivity contribution in [2.24, 2.45) is 5.10 Å². The lowest BCUT2D eigenvalue weighted by atomic mass is 10.2. The molecule has 0 aromatic heterocycles. The van der Waals surface area contributed by atoms with Crippen molar-refractivity contribution in [3.8, 4) is 5.75 Å².